The molecule has 42 heavy (non-hydrogen) atoms. The number of halogens is 17. The number of nitrogens with zero attached hydrogens (tertiary/aromatic N) is 1. The minimum atomic E-state index is -8.90. The SMILES string of the molecule is C=CCN(CCC[Si](OC)(OC)OC)S(=O)(=O)C(F)(F)C(F)(F)C(F)(F)C(F)(F)C(F)(F)C(F)(F)C(F)(F)C(F)(F)F. The average Bonchev–Trinajstić information content (AvgIpc) is 2.84. The van der Waals surface area contributed by atoms with Crippen LogP contribution in [-0.4, -0.2) is 103 Å². The van der Waals surface area contributed by atoms with Crippen LogP contribution < -0.4 is 0 Å². The molecule has 0 aromatic carbocycles. The Morgan fingerprint density at radius 1 is 0.643 bits per heavy atom. The van der Waals surface area contributed by atoms with Crippen LogP contribution in [0, 0.1) is 0 Å². The van der Waals surface area contributed by atoms with E-state index in [1.807, 2.05) is 0 Å². The van der Waals surface area contributed by atoms with E-state index in [1.165, 1.54) is 0 Å². The van der Waals surface area contributed by atoms with E-state index in [0.29, 0.717) is 6.08 Å². The van der Waals surface area contributed by atoms with Gasteiger partial charge in [0.1, 0.15) is 0 Å². The highest BCUT2D eigenvalue weighted by atomic mass is 32.2. The first-order chi connectivity index (χ1) is 18.3. The second-order valence-corrected chi connectivity index (χ2v) is 13.1. The van der Waals surface area contributed by atoms with Crippen LogP contribution in [0.5, 0.6) is 0 Å². The smallest absolute Gasteiger partial charge is 0.377 e. The van der Waals surface area contributed by atoms with E-state index in [9.17, 15) is 83.1 Å². The zero-order valence-corrected chi connectivity index (χ0v) is 22.8. The van der Waals surface area contributed by atoms with Crippen LogP contribution in [0.3, 0.4) is 0 Å². The predicted octanol–water partition coefficient (Wildman–Crippen LogP) is 6.04. The van der Waals surface area contributed by atoms with Crippen molar-refractivity contribution in [3.63, 3.8) is 0 Å². The summed E-state index contributed by atoms with van der Waals surface area (Å²) in [6, 6.07) is -0.523. The third-order valence-electron chi connectivity index (χ3n) is 5.51. The van der Waals surface area contributed by atoms with Gasteiger partial charge in [-0.05, 0) is 6.42 Å². The summed E-state index contributed by atoms with van der Waals surface area (Å²) < 4.78 is 268. The van der Waals surface area contributed by atoms with Gasteiger partial charge in [0.15, 0.2) is 0 Å². The molecule has 0 fully saturated rings. The number of sulfonamides is 1. The predicted molar refractivity (Wildman–Crippen MR) is 108 cm³/mol. The minimum absolute atomic E-state index is 0.347. The van der Waals surface area contributed by atoms with E-state index in [2.05, 4.69) is 6.58 Å². The summed E-state index contributed by atoms with van der Waals surface area (Å²) in [5, 5.41) is -7.65. The molecule has 0 N–H and O–H groups in total. The lowest BCUT2D eigenvalue weighted by molar-refractivity contribution is -0.458. The summed E-state index contributed by atoms with van der Waals surface area (Å²) in [5.74, 6) is -51.9. The summed E-state index contributed by atoms with van der Waals surface area (Å²) in [7, 11) is -8.15. The van der Waals surface area contributed by atoms with Crippen molar-refractivity contribution in [2.45, 2.75) is 59.4 Å². The molecule has 0 rings (SSSR count). The van der Waals surface area contributed by atoms with Gasteiger partial charge < -0.3 is 13.3 Å². The van der Waals surface area contributed by atoms with Crippen molar-refractivity contribution in [3.8, 4) is 0 Å². The second kappa shape index (κ2) is 12.2. The Bertz CT molecular complexity index is 1040. The highest BCUT2D eigenvalue weighted by Crippen LogP contribution is 2.64. The van der Waals surface area contributed by atoms with Crippen LogP contribution in [0.25, 0.3) is 0 Å². The third-order valence-corrected chi connectivity index (χ3v) is 10.3. The summed E-state index contributed by atoms with van der Waals surface area (Å²) in [6.07, 6.45) is -8.32. The van der Waals surface area contributed by atoms with Crippen molar-refractivity contribution in [2.24, 2.45) is 0 Å². The molecule has 0 aromatic heterocycles. The van der Waals surface area contributed by atoms with Gasteiger partial charge in [0.25, 0.3) is 10.0 Å². The molecule has 0 spiro atoms. The molecule has 252 valence electrons. The first-order valence-corrected chi connectivity index (χ1v) is 13.7. The van der Waals surface area contributed by atoms with E-state index in [0.717, 1.165) is 21.3 Å². The Morgan fingerprint density at radius 3 is 1.29 bits per heavy atom. The van der Waals surface area contributed by atoms with Crippen molar-refractivity contribution < 1.29 is 96.3 Å². The van der Waals surface area contributed by atoms with E-state index >= 15 is 0 Å². The molecular weight excluding hydrogens is 681 g/mol. The standard InChI is InChI=1S/C17H20F17NO5SSi/c1-5-7-35(8-6-9-42(38-2,39-3)40-4)41(36,37)17(33,34)15(28,29)13(24,25)11(20,21)10(18,19)12(22,23)14(26,27)16(30,31)32/h5H,1,6-9H2,2-4H3. The molecule has 0 saturated carbocycles. The Labute approximate surface area is 226 Å². The van der Waals surface area contributed by atoms with Crippen LogP contribution in [0.4, 0.5) is 74.6 Å². The zero-order valence-electron chi connectivity index (χ0n) is 20.9. The summed E-state index contributed by atoms with van der Waals surface area (Å²) >= 11 is 0. The van der Waals surface area contributed by atoms with E-state index in [1.54, 1.807) is 0 Å². The summed E-state index contributed by atoms with van der Waals surface area (Å²) in [5.41, 5.74) is 0. The summed E-state index contributed by atoms with van der Waals surface area (Å²) in [4.78, 5) is 0. The molecule has 0 saturated heterocycles. The van der Waals surface area contributed by atoms with Crippen molar-refractivity contribution in [3.05, 3.63) is 12.7 Å². The quantitative estimate of drug-likeness (QED) is 0.105. The Kier molecular flexibility index (Phi) is 11.7. The fraction of sp³-hybridized carbons (Fsp3) is 0.882. The fourth-order valence-electron chi connectivity index (χ4n) is 2.96. The van der Waals surface area contributed by atoms with Gasteiger partial charge in [-0.3, -0.25) is 0 Å². The normalized spacial score (nSPS) is 15.8. The van der Waals surface area contributed by atoms with Gasteiger partial charge in [0.05, 0.1) is 0 Å². The van der Waals surface area contributed by atoms with Gasteiger partial charge in [-0.1, -0.05) is 6.08 Å². The molecule has 0 heterocycles. The molecule has 0 unspecified atom stereocenters. The van der Waals surface area contributed by atoms with E-state index in [-0.39, 0.29) is 0 Å². The van der Waals surface area contributed by atoms with Crippen molar-refractivity contribution in [1.82, 2.24) is 4.31 Å². The zero-order chi connectivity index (χ0) is 34.2. The lowest BCUT2D eigenvalue weighted by Gasteiger charge is -2.43. The summed E-state index contributed by atoms with van der Waals surface area (Å²) in [6.45, 7) is -0.0642. The largest absolute Gasteiger partial charge is 0.500 e. The van der Waals surface area contributed by atoms with Gasteiger partial charge >= 0.3 is 55.8 Å². The van der Waals surface area contributed by atoms with Gasteiger partial charge in [0.2, 0.25) is 0 Å². The minimum Gasteiger partial charge on any atom is -0.377 e. The van der Waals surface area contributed by atoms with Crippen molar-refractivity contribution in [1.29, 1.82) is 0 Å². The van der Waals surface area contributed by atoms with Crippen LogP contribution in [0.1, 0.15) is 6.42 Å². The topological polar surface area (TPSA) is 65.1 Å². The number of hydrogen-bond donors (Lipinski definition) is 0. The first-order valence-electron chi connectivity index (χ1n) is 10.3. The first kappa shape index (κ1) is 40.6. The molecule has 0 aliphatic heterocycles. The maximum Gasteiger partial charge on any atom is 0.500 e. The Morgan fingerprint density at radius 2 is 0.976 bits per heavy atom. The molecular formula is C17H20F17NO5SSi. The number of rotatable bonds is 17. The Hall–Kier alpha value is -1.44. The highest BCUT2D eigenvalue weighted by molar-refractivity contribution is 7.90. The van der Waals surface area contributed by atoms with Crippen LogP contribution in [0.2, 0.25) is 6.04 Å². The number of hydrogen-bond acceptors (Lipinski definition) is 5. The number of alkyl halides is 17. The monoisotopic (exact) mass is 701 g/mol. The second-order valence-electron chi connectivity index (χ2n) is 8.01. The molecule has 0 aliphatic carbocycles. The third kappa shape index (κ3) is 5.96. The van der Waals surface area contributed by atoms with Gasteiger partial charge in [-0.15, -0.1) is 6.58 Å². The molecule has 0 atom stereocenters. The van der Waals surface area contributed by atoms with Gasteiger partial charge in [-0.25, -0.2) is 8.42 Å². The molecule has 0 amide bonds. The van der Waals surface area contributed by atoms with E-state index in [4.69, 9.17) is 13.3 Å². The molecule has 25 heteroatoms. The highest BCUT2D eigenvalue weighted by Gasteiger charge is 2.96. The van der Waals surface area contributed by atoms with Gasteiger partial charge in [-0.2, -0.15) is 78.9 Å². The van der Waals surface area contributed by atoms with Gasteiger partial charge in [0, 0.05) is 40.5 Å². The van der Waals surface area contributed by atoms with E-state index < -0.39 is 95.7 Å². The maximum absolute atomic E-state index is 14.5. The lowest BCUT2D eigenvalue weighted by Crippen LogP contribution is -2.75. The molecule has 6 nitrogen and oxygen atoms in total. The molecule has 0 aliphatic rings. The van der Waals surface area contributed by atoms with Crippen molar-refractivity contribution >= 4 is 18.8 Å². The maximum atomic E-state index is 14.5. The van der Waals surface area contributed by atoms with Crippen molar-refractivity contribution in [2.75, 3.05) is 34.4 Å². The average molecular weight is 701 g/mol. The Balaban J connectivity index is 6.87. The molecule has 0 bridgehead atoms. The van der Waals surface area contributed by atoms with Crippen LogP contribution >= 0.6 is 0 Å². The van der Waals surface area contributed by atoms with Crippen LogP contribution in [0.15, 0.2) is 12.7 Å². The molecule has 0 radical (unpaired) electrons. The lowest BCUT2D eigenvalue weighted by atomic mass is 9.91. The molecule has 0 aromatic rings. The van der Waals surface area contributed by atoms with Crippen LogP contribution in [-0.2, 0) is 23.3 Å². The fourth-order valence-corrected chi connectivity index (χ4v) is 6.11.